The van der Waals surface area contributed by atoms with Crippen LogP contribution in [-0.2, 0) is 17.6 Å². The van der Waals surface area contributed by atoms with E-state index in [1.807, 2.05) is 23.6 Å². The Balaban J connectivity index is 0.000000229. The van der Waals surface area contributed by atoms with Crippen LogP contribution < -0.4 is 5.19 Å². The molecule has 23 heavy (non-hydrogen) atoms. The molecule has 1 N–H and O–H groups in total. The Labute approximate surface area is 147 Å². The van der Waals surface area contributed by atoms with E-state index in [1.165, 1.54) is 10.1 Å². The number of aliphatic hydroxyl groups is 1. The number of aliphatic hydroxyl groups excluding tert-OH is 1. The van der Waals surface area contributed by atoms with E-state index in [2.05, 4.69) is 54.9 Å². The Hall–Kier alpha value is -1.24. The third kappa shape index (κ3) is 6.05. The van der Waals surface area contributed by atoms with E-state index < -0.39 is 8.32 Å². The molecule has 3 rings (SSSR count). The van der Waals surface area contributed by atoms with E-state index in [0.717, 1.165) is 11.5 Å². The van der Waals surface area contributed by atoms with Crippen LogP contribution in [0.4, 0.5) is 0 Å². The normalized spacial score (nSPS) is 10.9. The highest BCUT2D eigenvalue weighted by Gasteiger charge is 2.24. The average molecular weight is 363 g/mol. The lowest BCUT2D eigenvalue weighted by atomic mass is 10.4. The third-order valence-electron chi connectivity index (χ3n) is 3.36. The fourth-order valence-electron chi connectivity index (χ4n) is 1.97. The van der Waals surface area contributed by atoms with Crippen molar-refractivity contribution in [2.45, 2.75) is 26.3 Å². The molecule has 2 heterocycles. The van der Waals surface area contributed by atoms with Gasteiger partial charge in [-0.2, -0.15) is 0 Å². The van der Waals surface area contributed by atoms with E-state index in [-0.39, 0.29) is 6.61 Å². The number of hydrogen-bond donors (Lipinski definition) is 1. The first-order valence-electron chi connectivity index (χ1n) is 7.47. The van der Waals surface area contributed by atoms with Gasteiger partial charge in [0.2, 0.25) is 8.32 Å². The molecule has 2 aromatic heterocycles. The SMILES string of the molecule is C[Si](C)(OCc1cccs1)c1ccccc1.OCc1cccs1. The Bertz CT molecular complexity index is 650. The van der Waals surface area contributed by atoms with Crippen LogP contribution in [0.5, 0.6) is 0 Å². The lowest BCUT2D eigenvalue weighted by Gasteiger charge is -2.22. The van der Waals surface area contributed by atoms with Gasteiger partial charge in [0.15, 0.2) is 0 Å². The zero-order valence-electron chi connectivity index (χ0n) is 13.4. The highest BCUT2D eigenvalue weighted by molar-refractivity contribution is 7.10. The van der Waals surface area contributed by atoms with Crippen molar-refractivity contribution in [3.63, 3.8) is 0 Å². The van der Waals surface area contributed by atoms with Gasteiger partial charge < -0.3 is 9.53 Å². The lowest BCUT2D eigenvalue weighted by molar-refractivity contribution is 0.285. The van der Waals surface area contributed by atoms with Crippen molar-refractivity contribution in [3.8, 4) is 0 Å². The predicted molar refractivity (Wildman–Crippen MR) is 103 cm³/mol. The van der Waals surface area contributed by atoms with Gasteiger partial charge in [-0.1, -0.05) is 42.5 Å². The van der Waals surface area contributed by atoms with Crippen LogP contribution in [0, 0.1) is 0 Å². The van der Waals surface area contributed by atoms with Crippen molar-refractivity contribution >= 4 is 36.2 Å². The summed E-state index contributed by atoms with van der Waals surface area (Å²) in [5, 5.41) is 13.8. The summed E-state index contributed by atoms with van der Waals surface area (Å²) in [4.78, 5) is 2.33. The van der Waals surface area contributed by atoms with E-state index in [1.54, 1.807) is 22.7 Å². The number of rotatable bonds is 5. The van der Waals surface area contributed by atoms with E-state index in [9.17, 15) is 0 Å². The van der Waals surface area contributed by atoms with Crippen molar-refractivity contribution < 1.29 is 9.53 Å². The summed E-state index contributed by atoms with van der Waals surface area (Å²) >= 11 is 3.33. The second kappa shape index (κ2) is 9.15. The highest BCUT2D eigenvalue weighted by atomic mass is 32.1. The quantitative estimate of drug-likeness (QED) is 0.671. The van der Waals surface area contributed by atoms with E-state index in [4.69, 9.17) is 9.53 Å². The fourth-order valence-corrected chi connectivity index (χ4v) is 4.93. The Morgan fingerprint density at radius 1 is 0.870 bits per heavy atom. The molecule has 0 spiro atoms. The minimum atomic E-state index is -1.73. The van der Waals surface area contributed by atoms with Crippen LogP contribution in [0.1, 0.15) is 9.75 Å². The summed E-state index contributed by atoms with van der Waals surface area (Å²) in [6.45, 7) is 5.41. The second-order valence-corrected chi connectivity index (χ2v) is 11.4. The molecule has 0 saturated heterocycles. The molecule has 1 aromatic carbocycles. The van der Waals surface area contributed by atoms with Crippen LogP contribution in [0.3, 0.4) is 0 Å². The van der Waals surface area contributed by atoms with Crippen molar-refractivity contribution in [3.05, 3.63) is 75.1 Å². The molecule has 2 nitrogen and oxygen atoms in total. The zero-order chi connectivity index (χ0) is 16.5. The molecule has 0 atom stereocenters. The first kappa shape index (κ1) is 18.1. The molecular formula is C18H22O2S2Si. The molecule has 122 valence electrons. The predicted octanol–water partition coefficient (Wildman–Crippen LogP) is 4.62. The molecule has 0 aliphatic heterocycles. The van der Waals surface area contributed by atoms with Gasteiger partial charge in [-0.3, -0.25) is 0 Å². The monoisotopic (exact) mass is 362 g/mol. The van der Waals surface area contributed by atoms with Gasteiger partial charge in [0, 0.05) is 9.75 Å². The molecule has 5 heteroatoms. The summed E-state index contributed by atoms with van der Waals surface area (Å²) in [5.74, 6) is 0. The Kier molecular flexibility index (Phi) is 7.20. The van der Waals surface area contributed by atoms with Crippen LogP contribution in [0.2, 0.25) is 13.1 Å². The summed E-state index contributed by atoms with van der Waals surface area (Å²) in [6.07, 6.45) is 0. The van der Waals surface area contributed by atoms with Crippen LogP contribution in [0.15, 0.2) is 65.4 Å². The standard InChI is InChI=1S/C13H16OSSi.C5H6OS/c1-16(2,13-8-4-3-5-9-13)14-11-12-7-6-10-15-12;6-4-5-2-1-3-7-5/h3-10H,11H2,1-2H3;1-3,6H,4H2. The first-order chi connectivity index (χ1) is 11.1. The fraction of sp³-hybridized carbons (Fsp3) is 0.222. The summed E-state index contributed by atoms with van der Waals surface area (Å²) in [5.41, 5.74) is 0. The van der Waals surface area contributed by atoms with E-state index >= 15 is 0 Å². The molecule has 0 amide bonds. The first-order valence-corrected chi connectivity index (χ1v) is 12.1. The van der Waals surface area contributed by atoms with Crippen molar-refractivity contribution in [1.82, 2.24) is 0 Å². The maximum absolute atomic E-state index is 8.44. The maximum atomic E-state index is 8.44. The molecule has 0 fully saturated rings. The smallest absolute Gasteiger partial charge is 0.218 e. The third-order valence-corrected chi connectivity index (χ3v) is 7.66. The van der Waals surface area contributed by atoms with E-state index in [0.29, 0.717) is 0 Å². The van der Waals surface area contributed by atoms with Gasteiger partial charge in [0.25, 0.3) is 0 Å². The minimum absolute atomic E-state index is 0.178. The number of benzene rings is 1. The molecule has 0 bridgehead atoms. The van der Waals surface area contributed by atoms with Crippen LogP contribution >= 0.6 is 22.7 Å². The van der Waals surface area contributed by atoms with Crippen molar-refractivity contribution in [2.75, 3.05) is 0 Å². The van der Waals surface area contributed by atoms with Gasteiger partial charge in [-0.25, -0.2) is 0 Å². The summed E-state index contributed by atoms with van der Waals surface area (Å²) in [6, 6.07) is 18.6. The Morgan fingerprint density at radius 3 is 1.96 bits per heavy atom. The molecule has 0 unspecified atom stereocenters. The van der Waals surface area contributed by atoms with Gasteiger partial charge >= 0.3 is 0 Å². The van der Waals surface area contributed by atoms with Gasteiger partial charge in [0.05, 0.1) is 13.2 Å². The minimum Gasteiger partial charge on any atom is -0.408 e. The van der Waals surface area contributed by atoms with Gasteiger partial charge in [0.1, 0.15) is 0 Å². The lowest BCUT2D eigenvalue weighted by Crippen LogP contribution is -2.44. The molecule has 0 radical (unpaired) electrons. The number of thiophene rings is 2. The summed E-state index contributed by atoms with van der Waals surface area (Å²) in [7, 11) is -1.73. The van der Waals surface area contributed by atoms with Gasteiger partial charge in [-0.15, -0.1) is 22.7 Å². The molecule has 0 aliphatic carbocycles. The maximum Gasteiger partial charge on any atom is 0.218 e. The largest absolute Gasteiger partial charge is 0.408 e. The van der Waals surface area contributed by atoms with Crippen LogP contribution in [-0.4, -0.2) is 13.4 Å². The van der Waals surface area contributed by atoms with Crippen molar-refractivity contribution in [2.24, 2.45) is 0 Å². The second-order valence-electron chi connectivity index (χ2n) is 5.48. The topological polar surface area (TPSA) is 29.5 Å². The number of hydrogen-bond acceptors (Lipinski definition) is 4. The van der Waals surface area contributed by atoms with Crippen molar-refractivity contribution in [1.29, 1.82) is 0 Å². The molecular weight excluding hydrogens is 340 g/mol. The van der Waals surface area contributed by atoms with Gasteiger partial charge in [-0.05, 0) is 41.2 Å². The molecule has 0 aliphatic rings. The van der Waals surface area contributed by atoms with Crippen LogP contribution in [0.25, 0.3) is 0 Å². The highest BCUT2D eigenvalue weighted by Crippen LogP contribution is 2.14. The molecule has 0 saturated carbocycles. The zero-order valence-corrected chi connectivity index (χ0v) is 16.1. The average Bonchev–Trinajstić information content (AvgIpc) is 3.28. The molecule has 3 aromatic rings. The summed E-state index contributed by atoms with van der Waals surface area (Å²) < 4.78 is 6.11. The Morgan fingerprint density at radius 2 is 1.48 bits per heavy atom.